The van der Waals surface area contributed by atoms with Crippen molar-refractivity contribution in [3.05, 3.63) is 65.2 Å². The van der Waals surface area contributed by atoms with Gasteiger partial charge in [-0.3, -0.25) is 0 Å². The van der Waals surface area contributed by atoms with Crippen molar-refractivity contribution >= 4 is 0 Å². The molecule has 1 saturated carbocycles. The van der Waals surface area contributed by atoms with Crippen LogP contribution in [0.1, 0.15) is 42.0 Å². The van der Waals surface area contributed by atoms with E-state index in [0.717, 1.165) is 5.75 Å². The van der Waals surface area contributed by atoms with Crippen LogP contribution in [0.25, 0.3) is 0 Å². The van der Waals surface area contributed by atoms with Gasteiger partial charge in [0.15, 0.2) is 0 Å². The maximum atomic E-state index is 6.72. The van der Waals surface area contributed by atoms with E-state index in [1.807, 2.05) is 6.07 Å². The van der Waals surface area contributed by atoms with Gasteiger partial charge in [0.1, 0.15) is 5.75 Å². The van der Waals surface area contributed by atoms with Gasteiger partial charge in [0.2, 0.25) is 0 Å². The Hall–Kier alpha value is -1.80. The minimum absolute atomic E-state index is 0.0413. The second-order valence-corrected chi connectivity index (χ2v) is 6.08. The van der Waals surface area contributed by atoms with E-state index in [9.17, 15) is 0 Å². The Balaban J connectivity index is 1.98. The third-order valence-electron chi connectivity index (χ3n) is 5.00. The summed E-state index contributed by atoms with van der Waals surface area (Å²) in [6, 6.07) is 17.0. The normalized spacial score (nSPS) is 17.9. The van der Waals surface area contributed by atoms with Gasteiger partial charge in [0, 0.05) is 11.5 Å². The van der Waals surface area contributed by atoms with Crippen LogP contribution in [0.15, 0.2) is 48.5 Å². The molecule has 1 fully saturated rings. The molecule has 21 heavy (non-hydrogen) atoms. The van der Waals surface area contributed by atoms with Crippen molar-refractivity contribution in [1.82, 2.24) is 0 Å². The van der Waals surface area contributed by atoms with Crippen molar-refractivity contribution in [2.24, 2.45) is 5.73 Å². The van der Waals surface area contributed by atoms with E-state index in [4.69, 9.17) is 10.5 Å². The van der Waals surface area contributed by atoms with Crippen molar-refractivity contribution in [3.63, 3.8) is 0 Å². The van der Waals surface area contributed by atoms with Crippen LogP contribution in [0.3, 0.4) is 0 Å². The molecule has 0 radical (unpaired) electrons. The molecule has 0 bridgehead atoms. The average molecular weight is 281 g/mol. The molecular formula is C19H23NO. The Morgan fingerprint density at radius 3 is 2.33 bits per heavy atom. The number of rotatable bonds is 4. The molecule has 2 heteroatoms. The number of benzene rings is 2. The van der Waals surface area contributed by atoms with Crippen LogP contribution in [0.2, 0.25) is 0 Å². The second kappa shape index (κ2) is 5.53. The average Bonchev–Trinajstić information content (AvgIpc) is 2.47. The summed E-state index contributed by atoms with van der Waals surface area (Å²) >= 11 is 0. The Labute approximate surface area is 126 Å². The molecule has 0 saturated heterocycles. The lowest BCUT2D eigenvalue weighted by Crippen LogP contribution is -2.44. The zero-order valence-corrected chi connectivity index (χ0v) is 12.8. The Morgan fingerprint density at radius 1 is 1.10 bits per heavy atom. The van der Waals surface area contributed by atoms with Crippen molar-refractivity contribution in [2.75, 3.05) is 7.11 Å². The number of hydrogen-bond donors (Lipinski definition) is 1. The molecule has 1 aliphatic rings. The van der Waals surface area contributed by atoms with Gasteiger partial charge in [-0.1, -0.05) is 42.8 Å². The summed E-state index contributed by atoms with van der Waals surface area (Å²) in [7, 11) is 1.70. The lowest BCUT2D eigenvalue weighted by atomic mass is 9.59. The van der Waals surface area contributed by atoms with Gasteiger partial charge in [-0.05, 0) is 48.6 Å². The monoisotopic (exact) mass is 281 g/mol. The highest BCUT2D eigenvalue weighted by atomic mass is 16.5. The molecular weight excluding hydrogens is 258 g/mol. The van der Waals surface area contributed by atoms with Crippen LogP contribution in [0.5, 0.6) is 5.75 Å². The number of methoxy groups -OCH3 is 1. The summed E-state index contributed by atoms with van der Waals surface area (Å²) in [4.78, 5) is 0. The number of nitrogens with two attached hydrogens (primary N) is 1. The van der Waals surface area contributed by atoms with Crippen molar-refractivity contribution in [3.8, 4) is 5.75 Å². The largest absolute Gasteiger partial charge is 0.497 e. The lowest BCUT2D eigenvalue weighted by Gasteiger charge is -2.47. The molecule has 2 aromatic rings. The first kappa shape index (κ1) is 14.2. The first-order chi connectivity index (χ1) is 10.2. The summed E-state index contributed by atoms with van der Waals surface area (Å²) in [5, 5.41) is 0. The van der Waals surface area contributed by atoms with Crippen LogP contribution in [0, 0.1) is 6.92 Å². The summed E-state index contributed by atoms with van der Waals surface area (Å²) in [6.45, 7) is 2.12. The predicted molar refractivity (Wildman–Crippen MR) is 86.6 cm³/mol. The van der Waals surface area contributed by atoms with Gasteiger partial charge in [-0.25, -0.2) is 0 Å². The second-order valence-electron chi connectivity index (χ2n) is 6.08. The molecule has 2 aromatic carbocycles. The predicted octanol–water partition coefficient (Wildman–Crippen LogP) is 4.13. The maximum absolute atomic E-state index is 6.72. The lowest BCUT2D eigenvalue weighted by molar-refractivity contribution is 0.196. The summed E-state index contributed by atoms with van der Waals surface area (Å²) in [5.41, 5.74) is 10.6. The smallest absolute Gasteiger partial charge is 0.119 e. The Bertz CT molecular complexity index is 617. The Kier molecular flexibility index (Phi) is 3.73. The van der Waals surface area contributed by atoms with Gasteiger partial charge in [-0.2, -0.15) is 0 Å². The van der Waals surface area contributed by atoms with Crippen molar-refractivity contribution in [2.45, 2.75) is 37.6 Å². The van der Waals surface area contributed by atoms with Gasteiger partial charge in [0.25, 0.3) is 0 Å². The van der Waals surface area contributed by atoms with Crippen LogP contribution in [-0.4, -0.2) is 7.11 Å². The zero-order chi connectivity index (χ0) is 14.9. The molecule has 1 atom stereocenters. The van der Waals surface area contributed by atoms with Gasteiger partial charge in [0.05, 0.1) is 7.11 Å². The SMILES string of the molecule is COc1ccc(C(N)C2(c3ccccc3)CCC2)c(C)c1. The van der Waals surface area contributed by atoms with E-state index in [2.05, 4.69) is 49.4 Å². The van der Waals surface area contributed by atoms with Gasteiger partial charge >= 0.3 is 0 Å². The van der Waals surface area contributed by atoms with E-state index >= 15 is 0 Å². The minimum Gasteiger partial charge on any atom is -0.497 e. The zero-order valence-electron chi connectivity index (χ0n) is 12.8. The third kappa shape index (κ3) is 2.34. The summed E-state index contributed by atoms with van der Waals surface area (Å²) in [6.07, 6.45) is 3.60. The van der Waals surface area contributed by atoms with E-state index in [0.29, 0.717) is 0 Å². The summed E-state index contributed by atoms with van der Waals surface area (Å²) < 4.78 is 5.30. The van der Waals surface area contributed by atoms with Crippen molar-refractivity contribution in [1.29, 1.82) is 0 Å². The van der Waals surface area contributed by atoms with Crippen LogP contribution < -0.4 is 10.5 Å². The highest BCUT2D eigenvalue weighted by molar-refractivity contribution is 5.41. The fraction of sp³-hybridized carbons (Fsp3) is 0.368. The van der Waals surface area contributed by atoms with Crippen LogP contribution in [0.4, 0.5) is 0 Å². The molecule has 110 valence electrons. The number of aryl methyl sites for hydroxylation is 1. The standard InChI is InChI=1S/C19H23NO/c1-14-13-16(21-2)9-10-17(14)18(20)19(11-6-12-19)15-7-4-3-5-8-15/h3-5,7-10,13,18H,6,11-12,20H2,1-2H3. The van der Waals surface area contributed by atoms with Crippen molar-refractivity contribution < 1.29 is 4.74 Å². The van der Waals surface area contributed by atoms with E-state index in [1.54, 1.807) is 7.11 Å². The quantitative estimate of drug-likeness (QED) is 0.914. The molecule has 0 aliphatic heterocycles. The third-order valence-corrected chi connectivity index (χ3v) is 5.00. The highest BCUT2D eigenvalue weighted by Gasteiger charge is 2.44. The first-order valence-corrected chi connectivity index (χ1v) is 7.63. The summed E-state index contributed by atoms with van der Waals surface area (Å²) in [5.74, 6) is 0.894. The van der Waals surface area contributed by atoms with E-state index < -0.39 is 0 Å². The van der Waals surface area contributed by atoms with Gasteiger partial charge in [-0.15, -0.1) is 0 Å². The molecule has 3 rings (SSSR count). The van der Waals surface area contributed by atoms with E-state index in [1.165, 1.54) is 36.0 Å². The van der Waals surface area contributed by atoms with Crippen LogP contribution >= 0.6 is 0 Å². The Morgan fingerprint density at radius 2 is 1.81 bits per heavy atom. The molecule has 0 spiro atoms. The molecule has 1 unspecified atom stereocenters. The van der Waals surface area contributed by atoms with Crippen LogP contribution in [-0.2, 0) is 5.41 Å². The fourth-order valence-corrected chi connectivity index (χ4v) is 3.53. The molecule has 0 aromatic heterocycles. The van der Waals surface area contributed by atoms with E-state index in [-0.39, 0.29) is 11.5 Å². The van der Waals surface area contributed by atoms with Gasteiger partial charge < -0.3 is 10.5 Å². The molecule has 2 N–H and O–H groups in total. The highest BCUT2D eigenvalue weighted by Crippen LogP contribution is 2.51. The minimum atomic E-state index is 0.0413. The molecule has 1 aliphatic carbocycles. The molecule has 2 nitrogen and oxygen atoms in total. The fourth-order valence-electron chi connectivity index (χ4n) is 3.53. The molecule has 0 heterocycles. The number of ether oxygens (including phenoxy) is 1. The first-order valence-electron chi connectivity index (χ1n) is 7.63. The topological polar surface area (TPSA) is 35.2 Å². The molecule has 0 amide bonds. The maximum Gasteiger partial charge on any atom is 0.119 e. The number of hydrogen-bond acceptors (Lipinski definition) is 2.